The number of hydrogen-bond donors (Lipinski definition) is 2. The van der Waals surface area contributed by atoms with E-state index in [1.54, 1.807) is 42.6 Å². The first-order valence-corrected chi connectivity index (χ1v) is 8.72. The Labute approximate surface area is 162 Å². The maximum absolute atomic E-state index is 12.3. The number of rotatable bonds is 5. The smallest absolute Gasteiger partial charge is 0.274 e. The molecular formula is C21H18ClN3O2. The zero-order chi connectivity index (χ0) is 19.4. The van der Waals surface area contributed by atoms with Crippen LogP contribution >= 0.6 is 11.6 Å². The Balaban J connectivity index is 1.68. The van der Waals surface area contributed by atoms with Crippen LogP contribution in [0.5, 0.6) is 0 Å². The summed E-state index contributed by atoms with van der Waals surface area (Å²) in [6, 6.07) is 15.8. The van der Waals surface area contributed by atoms with Crippen LogP contribution in [0.2, 0.25) is 5.02 Å². The van der Waals surface area contributed by atoms with Crippen LogP contribution in [0.1, 0.15) is 33.3 Å². The molecule has 5 nitrogen and oxygen atoms in total. The van der Waals surface area contributed by atoms with E-state index in [9.17, 15) is 9.59 Å². The summed E-state index contributed by atoms with van der Waals surface area (Å²) in [5, 5.41) is 6.67. The molecule has 0 bridgehead atoms. The quantitative estimate of drug-likeness (QED) is 0.594. The van der Waals surface area contributed by atoms with Gasteiger partial charge in [0.2, 0.25) is 0 Å². The number of carbonyl (C=O) groups excluding carboxylic acids is 2. The van der Waals surface area contributed by atoms with E-state index in [1.165, 1.54) is 6.92 Å². The van der Waals surface area contributed by atoms with Gasteiger partial charge in [0, 0.05) is 22.0 Å². The van der Waals surface area contributed by atoms with Crippen molar-refractivity contribution in [3.63, 3.8) is 0 Å². The molecule has 0 aliphatic carbocycles. The molecule has 0 unspecified atom stereocenters. The second-order valence-corrected chi connectivity index (χ2v) is 6.46. The number of Topliss-reactive ketones (excluding diaryl/α,β-unsaturated/α-hetero) is 1. The Kier molecular flexibility index (Phi) is 5.52. The molecule has 3 aromatic rings. The minimum absolute atomic E-state index is 0.0208. The molecule has 0 aliphatic rings. The van der Waals surface area contributed by atoms with Gasteiger partial charge in [-0.2, -0.15) is 0 Å². The summed E-state index contributed by atoms with van der Waals surface area (Å²) >= 11 is 6.12. The first-order valence-electron chi connectivity index (χ1n) is 8.34. The number of hydrogen-bond acceptors (Lipinski definition) is 4. The van der Waals surface area contributed by atoms with E-state index in [2.05, 4.69) is 15.6 Å². The van der Waals surface area contributed by atoms with Crippen LogP contribution in [0.3, 0.4) is 0 Å². The van der Waals surface area contributed by atoms with E-state index < -0.39 is 0 Å². The summed E-state index contributed by atoms with van der Waals surface area (Å²) in [5.74, 6) is -0.344. The molecular weight excluding hydrogens is 362 g/mol. The lowest BCUT2D eigenvalue weighted by atomic mass is 10.1. The molecule has 0 fully saturated rings. The van der Waals surface area contributed by atoms with E-state index >= 15 is 0 Å². The van der Waals surface area contributed by atoms with Crippen LogP contribution < -0.4 is 10.6 Å². The van der Waals surface area contributed by atoms with Crippen molar-refractivity contribution in [1.82, 2.24) is 4.98 Å². The number of carbonyl (C=O) groups is 2. The summed E-state index contributed by atoms with van der Waals surface area (Å²) in [6.45, 7) is 3.43. The van der Waals surface area contributed by atoms with Gasteiger partial charge in [-0.1, -0.05) is 17.7 Å². The maximum atomic E-state index is 12.3. The van der Waals surface area contributed by atoms with Crippen LogP contribution in [-0.2, 0) is 0 Å². The van der Waals surface area contributed by atoms with Gasteiger partial charge in [0.1, 0.15) is 5.69 Å². The highest BCUT2D eigenvalue weighted by atomic mass is 35.5. The molecule has 2 N–H and O–H groups in total. The summed E-state index contributed by atoms with van der Waals surface area (Å²) < 4.78 is 0. The van der Waals surface area contributed by atoms with E-state index in [1.807, 2.05) is 25.1 Å². The third-order valence-corrected chi connectivity index (χ3v) is 4.50. The lowest BCUT2D eigenvalue weighted by molar-refractivity contribution is 0.101. The average molecular weight is 380 g/mol. The second-order valence-electron chi connectivity index (χ2n) is 6.06. The van der Waals surface area contributed by atoms with Crippen molar-refractivity contribution in [3.8, 4) is 0 Å². The second kappa shape index (κ2) is 8.01. The van der Waals surface area contributed by atoms with Crippen molar-refractivity contribution in [1.29, 1.82) is 0 Å². The van der Waals surface area contributed by atoms with Gasteiger partial charge >= 0.3 is 0 Å². The predicted molar refractivity (Wildman–Crippen MR) is 108 cm³/mol. The minimum atomic E-state index is -0.323. The van der Waals surface area contributed by atoms with Crippen LogP contribution in [0.15, 0.2) is 60.8 Å². The van der Waals surface area contributed by atoms with Crippen molar-refractivity contribution in [2.24, 2.45) is 0 Å². The SMILES string of the molecule is CC(=O)c1ccc(NC(=O)c2ccc(Nc3cccc(Cl)c3C)cn2)cc1. The summed E-state index contributed by atoms with van der Waals surface area (Å²) in [5.41, 5.74) is 4.06. The molecule has 0 atom stereocenters. The topological polar surface area (TPSA) is 71.1 Å². The van der Waals surface area contributed by atoms with Crippen molar-refractivity contribution in [3.05, 3.63) is 82.6 Å². The fourth-order valence-electron chi connectivity index (χ4n) is 2.48. The number of nitrogens with one attached hydrogen (secondary N) is 2. The van der Waals surface area contributed by atoms with Gasteiger partial charge in [0.25, 0.3) is 5.91 Å². The van der Waals surface area contributed by atoms with E-state index in [0.29, 0.717) is 22.0 Å². The number of ketones is 1. The number of benzene rings is 2. The highest BCUT2D eigenvalue weighted by Crippen LogP contribution is 2.26. The third-order valence-electron chi connectivity index (χ3n) is 4.09. The number of pyridine rings is 1. The van der Waals surface area contributed by atoms with Crippen LogP contribution in [-0.4, -0.2) is 16.7 Å². The van der Waals surface area contributed by atoms with E-state index in [4.69, 9.17) is 11.6 Å². The van der Waals surface area contributed by atoms with Gasteiger partial charge in [-0.25, -0.2) is 4.98 Å². The monoisotopic (exact) mass is 379 g/mol. The maximum Gasteiger partial charge on any atom is 0.274 e. The zero-order valence-corrected chi connectivity index (χ0v) is 15.7. The largest absolute Gasteiger partial charge is 0.354 e. The average Bonchev–Trinajstić information content (AvgIpc) is 2.66. The molecule has 27 heavy (non-hydrogen) atoms. The zero-order valence-electron chi connectivity index (χ0n) is 14.9. The number of anilines is 3. The highest BCUT2D eigenvalue weighted by Gasteiger charge is 2.09. The van der Waals surface area contributed by atoms with Crippen molar-refractivity contribution < 1.29 is 9.59 Å². The molecule has 1 aromatic heterocycles. The Morgan fingerprint density at radius 2 is 1.67 bits per heavy atom. The highest BCUT2D eigenvalue weighted by molar-refractivity contribution is 6.31. The number of halogens is 1. The number of amides is 1. The van der Waals surface area contributed by atoms with E-state index in [-0.39, 0.29) is 11.7 Å². The van der Waals surface area contributed by atoms with Crippen molar-refractivity contribution >= 4 is 40.4 Å². The molecule has 0 saturated carbocycles. The summed E-state index contributed by atoms with van der Waals surface area (Å²) in [6.07, 6.45) is 1.59. The lowest BCUT2D eigenvalue weighted by Crippen LogP contribution is -2.13. The van der Waals surface area contributed by atoms with Gasteiger partial charge in [-0.05, 0) is 67.9 Å². The molecule has 0 radical (unpaired) electrons. The Hall–Kier alpha value is -3.18. The molecule has 6 heteroatoms. The van der Waals surface area contributed by atoms with Crippen molar-refractivity contribution in [2.75, 3.05) is 10.6 Å². The molecule has 1 heterocycles. The van der Waals surface area contributed by atoms with Crippen LogP contribution in [0.25, 0.3) is 0 Å². The number of nitrogens with zero attached hydrogens (tertiary/aromatic N) is 1. The van der Waals surface area contributed by atoms with Gasteiger partial charge in [0.15, 0.2) is 5.78 Å². The first-order chi connectivity index (χ1) is 12.9. The number of aromatic nitrogens is 1. The molecule has 0 spiro atoms. The van der Waals surface area contributed by atoms with Crippen LogP contribution in [0, 0.1) is 6.92 Å². The van der Waals surface area contributed by atoms with E-state index in [0.717, 1.165) is 16.9 Å². The molecule has 1 amide bonds. The first kappa shape index (κ1) is 18.6. The normalized spacial score (nSPS) is 10.3. The fourth-order valence-corrected chi connectivity index (χ4v) is 2.66. The molecule has 0 aliphatic heterocycles. The Morgan fingerprint density at radius 1 is 0.963 bits per heavy atom. The molecule has 136 valence electrons. The van der Waals surface area contributed by atoms with Gasteiger partial charge in [-0.15, -0.1) is 0 Å². The van der Waals surface area contributed by atoms with Gasteiger partial charge < -0.3 is 10.6 Å². The van der Waals surface area contributed by atoms with Gasteiger partial charge in [-0.3, -0.25) is 9.59 Å². The standard InChI is InChI=1S/C21H18ClN3O2/c1-13-18(22)4-3-5-19(13)24-17-10-11-20(23-12-17)21(27)25-16-8-6-15(7-9-16)14(2)26/h3-12,24H,1-2H3,(H,25,27). The summed E-state index contributed by atoms with van der Waals surface area (Å²) in [7, 11) is 0. The minimum Gasteiger partial charge on any atom is -0.354 e. The van der Waals surface area contributed by atoms with Crippen molar-refractivity contribution in [2.45, 2.75) is 13.8 Å². The van der Waals surface area contributed by atoms with Crippen LogP contribution in [0.4, 0.5) is 17.1 Å². The summed E-state index contributed by atoms with van der Waals surface area (Å²) in [4.78, 5) is 27.8. The Bertz CT molecular complexity index is 983. The molecule has 3 rings (SSSR count). The lowest BCUT2D eigenvalue weighted by Gasteiger charge is -2.11. The molecule has 2 aromatic carbocycles. The predicted octanol–water partition coefficient (Wildman–Crippen LogP) is 5.24. The fraction of sp³-hybridized carbons (Fsp3) is 0.0952. The molecule has 0 saturated heterocycles. The van der Waals surface area contributed by atoms with Gasteiger partial charge in [0.05, 0.1) is 11.9 Å². The Morgan fingerprint density at radius 3 is 2.30 bits per heavy atom. The third kappa shape index (κ3) is 4.51.